The van der Waals surface area contributed by atoms with Gasteiger partial charge in [0.05, 0.1) is 0 Å². The summed E-state index contributed by atoms with van der Waals surface area (Å²) in [4.78, 5) is 17.6. The molecule has 0 spiro atoms. The normalized spacial score (nSPS) is 21.4. The summed E-state index contributed by atoms with van der Waals surface area (Å²) >= 11 is 0. The Labute approximate surface area is 133 Å². The lowest BCUT2D eigenvalue weighted by molar-refractivity contribution is 0.0470. The van der Waals surface area contributed by atoms with E-state index in [0.717, 1.165) is 13.0 Å². The highest BCUT2D eigenvalue weighted by molar-refractivity contribution is 5.67. The Bertz CT molecular complexity index is 465. The van der Waals surface area contributed by atoms with Gasteiger partial charge < -0.3 is 15.0 Å². The van der Waals surface area contributed by atoms with Crippen LogP contribution in [0.2, 0.25) is 0 Å². The number of likely N-dealkylation sites (tertiary alicyclic amines) is 1. The van der Waals surface area contributed by atoms with Gasteiger partial charge in [-0.2, -0.15) is 0 Å². The molecule has 1 amide bonds. The Morgan fingerprint density at radius 2 is 2.27 bits per heavy atom. The molecular weight excluding hydrogens is 278 g/mol. The molecule has 2 heterocycles. The maximum atomic E-state index is 11.8. The Morgan fingerprint density at radius 3 is 2.91 bits per heavy atom. The molecule has 1 aromatic rings. The summed E-state index contributed by atoms with van der Waals surface area (Å²) in [7, 11) is 0. The highest BCUT2D eigenvalue weighted by atomic mass is 16.6. The molecule has 0 saturated carbocycles. The van der Waals surface area contributed by atoms with Crippen LogP contribution < -0.4 is 5.32 Å². The first-order chi connectivity index (χ1) is 10.4. The van der Waals surface area contributed by atoms with Crippen molar-refractivity contribution in [3.8, 4) is 0 Å². The summed E-state index contributed by atoms with van der Waals surface area (Å²) in [5, 5.41) is 2.93. The van der Waals surface area contributed by atoms with Crippen molar-refractivity contribution in [3.63, 3.8) is 0 Å². The van der Waals surface area contributed by atoms with Gasteiger partial charge in [-0.25, -0.2) is 4.79 Å². The Balaban J connectivity index is 1.91. The molecule has 1 fully saturated rings. The lowest BCUT2D eigenvalue weighted by Gasteiger charge is -2.39. The molecule has 5 nitrogen and oxygen atoms in total. The fourth-order valence-electron chi connectivity index (χ4n) is 3.05. The summed E-state index contributed by atoms with van der Waals surface area (Å²) in [6.07, 6.45) is 5.18. The van der Waals surface area contributed by atoms with Crippen LogP contribution in [0.25, 0.3) is 0 Å². The van der Waals surface area contributed by atoms with E-state index in [1.165, 1.54) is 18.5 Å². The number of carbonyl (C=O) groups excluding carboxylic acids is 1. The molecule has 1 aliphatic heterocycles. The van der Waals surface area contributed by atoms with Crippen molar-refractivity contribution in [2.45, 2.75) is 64.6 Å². The average Bonchev–Trinajstić information content (AvgIpc) is 2.97. The third-order valence-corrected chi connectivity index (χ3v) is 4.12. The maximum Gasteiger partial charge on any atom is 0.407 e. The quantitative estimate of drug-likeness (QED) is 0.895. The van der Waals surface area contributed by atoms with Crippen LogP contribution in [-0.4, -0.2) is 40.7 Å². The van der Waals surface area contributed by atoms with Crippen molar-refractivity contribution < 1.29 is 9.53 Å². The van der Waals surface area contributed by atoms with Crippen molar-refractivity contribution in [3.05, 3.63) is 24.0 Å². The first-order valence-corrected chi connectivity index (χ1v) is 8.23. The minimum Gasteiger partial charge on any atom is -0.444 e. The number of aromatic amines is 1. The summed E-state index contributed by atoms with van der Waals surface area (Å²) in [6, 6.07) is 4.85. The Kier molecular flexibility index (Phi) is 5.51. The molecule has 2 atom stereocenters. The zero-order valence-corrected chi connectivity index (χ0v) is 14.2. The molecule has 2 unspecified atom stereocenters. The van der Waals surface area contributed by atoms with Crippen LogP contribution in [0.15, 0.2) is 18.3 Å². The van der Waals surface area contributed by atoms with Crippen LogP contribution in [-0.2, 0) is 4.74 Å². The number of aromatic nitrogens is 1. The zero-order chi connectivity index (χ0) is 16.2. The largest absolute Gasteiger partial charge is 0.444 e. The Hall–Kier alpha value is -1.49. The topological polar surface area (TPSA) is 57.4 Å². The van der Waals surface area contributed by atoms with Gasteiger partial charge in [-0.1, -0.05) is 6.42 Å². The number of amides is 1. The number of nitrogens with one attached hydrogen (secondary N) is 2. The van der Waals surface area contributed by atoms with Crippen LogP contribution >= 0.6 is 0 Å². The number of carbonyl (C=O) groups is 1. The number of rotatable bonds is 4. The highest BCUT2D eigenvalue weighted by Crippen LogP contribution is 2.27. The van der Waals surface area contributed by atoms with Gasteiger partial charge in [0, 0.05) is 30.5 Å². The van der Waals surface area contributed by atoms with E-state index in [9.17, 15) is 4.79 Å². The third-order valence-electron chi connectivity index (χ3n) is 4.12. The lowest BCUT2D eigenvalue weighted by Crippen LogP contribution is -2.48. The number of alkyl carbamates (subject to hydrolysis) is 1. The minimum atomic E-state index is -0.451. The minimum absolute atomic E-state index is 0.328. The van der Waals surface area contributed by atoms with Gasteiger partial charge in [-0.05, 0) is 59.2 Å². The number of nitrogens with zero attached hydrogens (tertiary/aromatic N) is 1. The fourth-order valence-corrected chi connectivity index (χ4v) is 3.05. The second-order valence-electron chi connectivity index (χ2n) is 7.07. The van der Waals surface area contributed by atoms with E-state index in [0.29, 0.717) is 18.6 Å². The van der Waals surface area contributed by atoms with E-state index in [4.69, 9.17) is 4.74 Å². The molecule has 0 aromatic carbocycles. The molecule has 2 rings (SSSR count). The van der Waals surface area contributed by atoms with E-state index in [1.54, 1.807) is 0 Å². The summed E-state index contributed by atoms with van der Waals surface area (Å²) < 4.78 is 5.32. The highest BCUT2D eigenvalue weighted by Gasteiger charge is 2.28. The smallest absolute Gasteiger partial charge is 0.407 e. The van der Waals surface area contributed by atoms with Crippen LogP contribution in [0, 0.1) is 0 Å². The second-order valence-corrected chi connectivity index (χ2v) is 7.07. The van der Waals surface area contributed by atoms with E-state index < -0.39 is 5.60 Å². The van der Waals surface area contributed by atoms with E-state index in [-0.39, 0.29) is 6.09 Å². The Morgan fingerprint density at radius 1 is 1.50 bits per heavy atom. The van der Waals surface area contributed by atoms with E-state index >= 15 is 0 Å². The molecule has 5 heteroatoms. The van der Waals surface area contributed by atoms with Gasteiger partial charge >= 0.3 is 6.09 Å². The first kappa shape index (κ1) is 16.9. The van der Waals surface area contributed by atoms with Crippen LogP contribution in [0.4, 0.5) is 4.79 Å². The number of hydrogen-bond donors (Lipinski definition) is 2. The molecular formula is C17H29N3O2. The van der Waals surface area contributed by atoms with Gasteiger partial charge in [-0.3, -0.25) is 4.90 Å². The van der Waals surface area contributed by atoms with Crippen LogP contribution in [0.1, 0.15) is 58.7 Å². The average molecular weight is 307 g/mol. The molecule has 1 aliphatic rings. The summed E-state index contributed by atoms with van der Waals surface area (Å²) in [5.74, 6) is 0. The SMILES string of the molecule is CC(c1ccc[nH]1)N1CCCCC1CNC(=O)OC(C)(C)C. The zero-order valence-electron chi connectivity index (χ0n) is 14.2. The fraction of sp³-hybridized carbons (Fsp3) is 0.706. The number of hydrogen-bond acceptors (Lipinski definition) is 3. The third kappa shape index (κ3) is 4.77. The molecule has 0 radical (unpaired) electrons. The maximum absolute atomic E-state index is 11.8. The van der Waals surface area contributed by atoms with Crippen molar-refractivity contribution in [2.24, 2.45) is 0 Å². The van der Waals surface area contributed by atoms with E-state index in [2.05, 4.69) is 28.2 Å². The molecule has 0 bridgehead atoms. The molecule has 22 heavy (non-hydrogen) atoms. The first-order valence-electron chi connectivity index (χ1n) is 8.23. The second kappa shape index (κ2) is 7.18. The number of piperidine rings is 1. The predicted molar refractivity (Wildman–Crippen MR) is 87.8 cm³/mol. The van der Waals surface area contributed by atoms with Gasteiger partial charge in [0.1, 0.15) is 5.60 Å². The standard InChI is InChI=1S/C17H29N3O2/c1-13(15-9-7-10-18-15)20-11-6-5-8-14(20)12-19-16(21)22-17(2,3)4/h7,9-10,13-14,18H,5-6,8,11-12H2,1-4H3,(H,19,21). The molecule has 2 N–H and O–H groups in total. The molecule has 1 aromatic heterocycles. The van der Waals surface area contributed by atoms with Crippen molar-refractivity contribution in [1.82, 2.24) is 15.2 Å². The van der Waals surface area contributed by atoms with Gasteiger partial charge in [0.25, 0.3) is 0 Å². The number of H-pyrrole nitrogens is 1. The monoisotopic (exact) mass is 307 g/mol. The molecule has 1 saturated heterocycles. The van der Waals surface area contributed by atoms with Gasteiger partial charge in [-0.15, -0.1) is 0 Å². The van der Waals surface area contributed by atoms with Crippen LogP contribution in [0.5, 0.6) is 0 Å². The summed E-state index contributed by atoms with van der Waals surface area (Å²) in [6.45, 7) is 9.57. The van der Waals surface area contributed by atoms with Gasteiger partial charge in [0.2, 0.25) is 0 Å². The van der Waals surface area contributed by atoms with Crippen molar-refractivity contribution in [1.29, 1.82) is 0 Å². The van der Waals surface area contributed by atoms with Crippen molar-refractivity contribution >= 4 is 6.09 Å². The van der Waals surface area contributed by atoms with Crippen molar-refractivity contribution in [2.75, 3.05) is 13.1 Å². The van der Waals surface area contributed by atoms with E-state index in [1.807, 2.05) is 33.0 Å². The van der Waals surface area contributed by atoms with Crippen LogP contribution in [0.3, 0.4) is 0 Å². The molecule has 124 valence electrons. The van der Waals surface area contributed by atoms with Gasteiger partial charge in [0.15, 0.2) is 0 Å². The number of ether oxygens (including phenoxy) is 1. The summed E-state index contributed by atoms with van der Waals surface area (Å²) in [5.41, 5.74) is 0.776. The predicted octanol–water partition coefficient (Wildman–Crippen LogP) is 3.45. The molecule has 0 aliphatic carbocycles. The lowest BCUT2D eigenvalue weighted by atomic mass is 9.99.